The van der Waals surface area contributed by atoms with E-state index >= 15 is 0 Å². The zero-order valence-electron chi connectivity index (χ0n) is 15.0. The van der Waals surface area contributed by atoms with Gasteiger partial charge in [0.15, 0.2) is 15.9 Å². The van der Waals surface area contributed by atoms with Crippen LogP contribution in [0, 0.1) is 0 Å². The van der Waals surface area contributed by atoms with E-state index in [0.717, 1.165) is 4.57 Å². The van der Waals surface area contributed by atoms with Gasteiger partial charge in [-0.1, -0.05) is 0 Å². The lowest BCUT2D eigenvalue weighted by molar-refractivity contribution is 0.0928. The van der Waals surface area contributed by atoms with Crippen LogP contribution >= 0.6 is 15.9 Å². The van der Waals surface area contributed by atoms with Crippen molar-refractivity contribution in [2.75, 3.05) is 13.7 Å². The molecule has 0 saturated heterocycles. The minimum absolute atomic E-state index is 0.0184. The van der Waals surface area contributed by atoms with Gasteiger partial charge in [0.25, 0.3) is 5.56 Å². The van der Waals surface area contributed by atoms with Gasteiger partial charge in [0.1, 0.15) is 24.2 Å². The average molecular weight is 439 g/mol. The summed E-state index contributed by atoms with van der Waals surface area (Å²) in [6.45, 7) is 0.0885. The Morgan fingerprint density at radius 1 is 1.15 bits per heavy atom. The first-order chi connectivity index (χ1) is 12.8. The fourth-order valence-electron chi connectivity index (χ4n) is 2.71. The number of ether oxygens (including phenoxy) is 2. The fourth-order valence-corrected chi connectivity index (χ4v) is 3.20. The lowest BCUT2D eigenvalue weighted by Gasteiger charge is -2.14. The quantitative estimate of drug-likeness (QED) is 0.566. The first kappa shape index (κ1) is 19.2. The molecule has 0 saturated carbocycles. The molecule has 0 spiro atoms. The molecule has 0 bridgehead atoms. The van der Waals surface area contributed by atoms with Crippen LogP contribution in [-0.4, -0.2) is 43.6 Å². The zero-order chi connectivity index (χ0) is 19.7. The minimum atomic E-state index is -0.900. The molecular formula is C17H19BrN4O5. The van der Waals surface area contributed by atoms with E-state index in [-0.39, 0.29) is 24.3 Å². The Morgan fingerprint density at radius 3 is 2.41 bits per heavy atom. The van der Waals surface area contributed by atoms with E-state index in [4.69, 9.17) is 9.47 Å². The van der Waals surface area contributed by atoms with E-state index in [1.165, 1.54) is 23.2 Å². The van der Waals surface area contributed by atoms with Gasteiger partial charge in [0, 0.05) is 14.1 Å². The predicted octanol–water partition coefficient (Wildman–Crippen LogP) is 0.645. The second kappa shape index (κ2) is 7.57. The summed E-state index contributed by atoms with van der Waals surface area (Å²) in [5.41, 5.74) is -0.462. The van der Waals surface area contributed by atoms with Crippen molar-refractivity contribution in [3.05, 3.63) is 49.8 Å². The number of methoxy groups -OCH3 is 1. The molecule has 144 valence electrons. The van der Waals surface area contributed by atoms with Crippen molar-refractivity contribution in [3.63, 3.8) is 0 Å². The Labute approximate surface area is 162 Å². The molecule has 0 aliphatic rings. The molecule has 2 aromatic heterocycles. The van der Waals surface area contributed by atoms with Gasteiger partial charge in [0.05, 0.1) is 13.7 Å². The standard InChI is InChI=1S/C17H19BrN4O5/c1-20-14-13(15(24)21(2)17(20)25)22(16(18)19-14)8-10(23)9-27-12-6-4-11(26-3)5-7-12/h4-7,10,23H,8-9H2,1-3H3. The molecule has 3 rings (SSSR count). The molecule has 1 N–H and O–H groups in total. The van der Waals surface area contributed by atoms with Gasteiger partial charge in [-0.2, -0.15) is 0 Å². The van der Waals surface area contributed by atoms with E-state index in [2.05, 4.69) is 20.9 Å². The summed E-state index contributed by atoms with van der Waals surface area (Å²) in [4.78, 5) is 28.8. The van der Waals surface area contributed by atoms with E-state index < -0.39 is 17.4 Å². The Hall–Kier alpha value is -2.59. The first-order valence-electron chi connectivity index (χ1n) is 8.10. The highest BCUT2D eigenvalue weighted by Crippen LogP contribution is 2.19. The summed E-state index contributed by atoms with van der Waals surface area (Å²) in [5.74, 6) is 1.29. The van der Waals surface area contributed by atoms with Crippen molar-refractivity contribution < 1.29 is 14.6 Å². The molecule has 1 unspecified atom stereocenters. The zero-order valence-corrected chi connectivity index (χ0v) is 16.6. The van der Waals surface area contributed by atoms with Gasteiger partial charge in [-0.25, -0.2) is 9.78 Å². The van der Waals surface area contributed by atoms with Crippen LogP contribution in [0.5, 0.6) is 11.5 Å². The number of nitrogens with zero attached hydrogens (tertiary/aromatic N) is 4. The number of aliphatic hydroxyl groups excluding tert-OH is 1. The van der Waals surface area contributed by atoms with Gasteiger partial charge in [-0.15, -0.1) is 0 Å². The van der Waals surface area contributed by atoms with Crippen molar-refractivity contribution in [3.8, 4) is 11.5 Å². The highest BCUT2D eigenvalue weighted by Gasteiger charge is 2.20. The first-order valence-corrected chi connectivity index (χ1v) is 8.89. The summed E-state index contributed by atoms with van der Waals surface area (Å²) in [5, 5.41) is 10.4. The number of imidazole rings is 1. The molecule has 1 aromatic carbocycles. The van der Waals surface area contributed by atoms with Gasteiger partial charge >= 0.3 is 5.69 Å². The summed E-state index contributed by atoms with van der Waals surface area (Å²) >= 11 is 3.29. The van der Waals surface area contributed by atoms with Crippen LogP contribution < -0.4 is 20.7 Å². The van der Waals surface area contributed by atoms with E-state index in [0.29, 0.717) is 16.2 Å². The van der Waals surface area contributed by atoms with Crippen LogP contribution in [0.15, 0.2) is 38.6 Å². The molecule has 0 radical (unpaired) electrons. The van der Waals surface area contributed by atoms with E-state index in [9.17, 15) is 14.7 Å². The van der Waals surface area contributed by atoms with Crippen molar-refractivity contribution in [2.24, 2.45) is 14.1 Å². The summed E-state index contributed by atoms with van der Waals surface area (Å²) in [7, 11) is 4.52. The largest absolute Gasteiger partial charge is 0.497 e. The molecule has 3 aromatic rings. The Balaban J connectivity index is 1.82. The molecule has 1 atom stereocenters. The molecule has 0 fully saturated rings. The number of fused-ring (bicyclic) bond motifs is 1. The van der Waals surface area contributed by atoms with E-state index in [1.807, 2.05) is 0 Å². The van der Waals surface area contributed by atoms with Crippen LogP contribution in [-0.2, 0) is 20.6 Å². The number of aromatic nitrogens is 4. The number of hydrogen-bond donors (Lipinski definition) is 1. The minimum Gasteiger partial charge on any atom is -0.497 e. The number of aryl methyl sites for hydroxylation is 1. The van der Waals surface area contributed by atoms with Crippen LogP contribution in [0.1, 0.15) is 0 Å². The maximum absolute atomic E-state index is 12.5. The molecule has 2 heterocycles. The van der Waals surface area contributed by atoms with Crippen LogP contribution in [0.2, 0.25) is 0 Å². The van der Waals surface area contributed by atoms with Crippen LogP contribution in [0.3, 0.4) is 0 Å². The second-order valence-electron chi connectivity index (χ2n) is 6.01. The van der Waals surface area contributed by atoms with Crippen molar-refractivity contribution in [1.29, 1.82) is 0 Å². The maximum atomic E-state index is 12.5. The third-order valence-corrected chi connectivity index (χ3v) is 4.80. The number of benzene rings is 1. The highest BCUT2D eigenvalue weighted by molar-refractivity contribution is 9.10. The topological polar surface area (TPSA) is 101 Å². The molecule has 0 aliphatic heterocycles. The van der Waals surface area contributed by atoms with Crippen molar-refractivity contribution >= 4 is 27.1 Å². The van der Waals surface area contributed by atoms with Crippen molar-refractivity contribution in [1.82, 2.24) is 18.7 Å². The molecule has 0 amide bonds. The number of rotatable bonds is 6. The molecule has 27 heavy (non-hydrogen) atoms. The normalized spacial score (nSPS) is 12.3. The third-order valence-electron chi connectivity index (χ3n) is 4.20. The number of aliphatic hydroxyl groups is 1. The highest BCUT2D eigenvalue weighted by atomic mass is 79.9. The summed E-state index contributed by atoms with van der Waals surface area (Å²) < 4.78 is 14.8. The maximum Gasteiger partial charge on any atom is 0.332 e. The van der Waals surface area contributed by atoms with Crippen LogP contribution in [0.25, 0.3) is 11.2 Å². The smallest absolute Gasteiger partial charge is 0.332 e. The predicted molar refractivity (Wildman–Crippen MR) is 102 cm³/mol. The summed E-state index contributed by atoms with van der Waals surface area (Å²) in [6.07, 6.45) is -0.900. The lowest BCUT2D eigenvalue weighted by atomic mass is 10.3. The van der Waals surface area contributed by atoms with E-state index in [1.54, 1.807) is 31.4 Å². The summed E-state index contributed by atoms with van der Waals surface area (Å²) in [6, 6.07) is 6.98. The van der Waals surface area contributed by atoms with Gasteiger partial charge < -0.3 is 19.1 Å². The van der Waals surface area contributed by atoms with Crippen LogP contribution in [0.4, 0.5) is 0 Å². The average Bonchev–Trinajstić information content (AvgIpc) is 2.99. The second-order valence-corrected chi connectivity index (χ2v) is 6.72. The Morgan fingerprint density at radius 2 is 1.78 bits per heavy atom. The van der Waals surface area contributed by atoms with Gasteiger partial charge in [-0.05, 0) is 40.2 Å². The molecule has 9 nitrogen and oxygen atoms in total. The van der Waals surface area contributed by atoms with Gasteiger partial charge in [0.2, 0.25) is 0 Å². The number of hydrogen-bond acceptors (Lipinski definition) is 6. The molecule has 10 heteroatoms. The Kier molecular flexibility index (Phi) is 5.38. The fraction of sp³-hybridized carbons (Fsp3) is 0.353. The number of halogens is 1. The molecular weight excluding hydrogens is 420 g/mol. The third kappa shape index (κ3) is 3.62. The molecule has 0 aliphatic carbocycles. The SMILES string of the molecule is COc1ccc(OCC(O)Cn2c(Br)nc3c2c(=O)n(C)c(=O)n3C)cc1. The van der Waals surface area contributed by atoms with Crippen molar-refractivity contribution in [2.45, 2.75) is 12.6 Å². The van der Waals surface area contributed by atoms with Gasteiger partial charge in [-0.3, -0.25) is 13.9 Å². The lowest BCUT2D eigenvalue weighted by Crippen LogP contribution is -2.38. The Bertz CT molecular complexity index is 1080. The monoisotopic (exact) mass is 438 g/mol.